The lowest BCUT2D eigenvalue weighted by molar-refractivity contribution is -0.122. The molecule has 6 heteroatoms. The Morgan fingerprint density at radius 3 is 2.84 bits per heavy atom. The number of ether oxygens (including phenoxy) is 1. The number of imide groups is 1. The lowest BCUT2D eigenvalue weighted by atomic mass is 10.0. The third-order valence-corrected chi connectivity index (χ3v) is 3.90. The van der Waals surface area contributed by atoms with Crippen molar-refractivity contribution in [1.29, 1.82) is 0 Å². The van der Waals surface area contributed by atoms with E-state index in [1.165, 1.54) is 0 Å². The molecule has 19 heavy (non-hydrogen) atoms. The molecule has 2 amide bonds. The highest BCUT2D eigenvalue weighted by molar-refractivity contribution is 5.98. The number of aliphatic hydroxyl groups is 1. The summed E-state index contributed by atoms with van der Waals surface area (Å²) >= 11 is 0. The van der Waals surface area contributed by atoms with Gasteiger partial charge in [0.1, 0.15) is 6.23 Å². The molecule has 0 aromatic carbocycles. The maximum atomic E-state index is 11.4. The number of amides is 2. The predicted molar refractivity (Wildman–Crippen MR) is 67.7 cm³/mol. The molecule has 6 nitrogen and oxygen atoms in total. The van der Waals surface area contributed by atoms with Crippen molar-refractivity contribution in [1.82, 2.24) is 10.2 Å². The number of fused-ring (bicyclic) bond motifs is 1. The number of nitrogens with zero attached hydrogens (tertiary/aromatic N) is 1. The Hall–Kier alpha value is -1.40. The zero-order valence-corrected chi connectivity index (χ0v) is 11.2. The second kappa shape index (κ2) is 5.71. The van der Waals surface area contributed by atoms with Gasteiger partial charge in [-0.15, -0.1) is 0 Å². The third-order valence-electron chi connectivity index (χ3n) is 3.90. The molecule has 0 radical (unpaired) electrons. The highest BCUT2D eigenvalue weighted by Crippen LogP contribution is 2.39. The van der Waals surface area contributed by atoms with Crippen LogP contribution in [0.5, 0.6) is 0 Å². The van der Waals surface area contributed by atoms with Crippen molar-refractivity contribution in [2.45, 2.75) is 44.6 Å². The average Bonchev–Trinajstić information content (AvgIpc) is 2.92. The first-order valence-corrected chi connectivity index (χ1v) is 6.51. The summed E-state index contributed by atoms with van der Waals surface area (Å²) in [6, 6.07) is 0. The van der Waals surface area contributed by atoms with Crippen molar-refractivity contribution >= 4 is 12.3 Å². The molecule has 4 atom stereocenters. The molecule has 1 saturated heterocycles. The van der Waals surface area contributed by atoms with Gasteiger partial charge in [-0.2, -0.15) is 0 Å². The van der Waals surface area contributed by atoms with Crippen LogP contribution >= 0.6 is 0 Å². The fourth-order valence-electron chi connectivity index (χ4n) is 2.85. The molecule has 106 valence electrons. The smallest absolute Gasteiger partial charge is 0.254 e. The molecular weight excluding hydrogens is 248 g/mol. The Balaban J connectivity index is 1.94. The minimum atomic E-state index is -0.417. The monoisotopic (exact) mass is 268 g/mol. The van der Waals surface area contributed by atoms with E-state index in [-0.39, 0.29) is 18.4 Å². The minimum Gasteiger partial charge on any atom is -0.390 e. The van der Waals surface area contributed by atoms with Gasteiger partial charge in [-0.25, -0.2) is 0 Å². The molecule has 2 N–H and O–H groups in total. The fourth-order valence-corrected chi connectivity index (χ4v) is 2.85. The number of rotatable bonds is 4. The van der Waals surface area contributed by atoms with Gasteiger partial charge in [0.15, 0.2) is 0 Å². The summed E-state index contributed by atoms with van der Waals surface area (Å²) in [5.74, 6) is -0.0139. The van der Waals surface area contributed by atoms with Crippen molar-refractivity contribution in [2.24, 2.45) is 5.92 Å². The van der Waals surface area contributed by atoms with Gasteiger partial charge in [-0.3, -0.25) is 14.9 Å². The lowest BCUT2D eigenvalue weighted by Gasteiger charge is -2.24. The Morgan fingerprint density at radius 1 is 1.47 bits per heavy atom. The van der Waals surface area contributed by atoms with Crippen LogP contribution < -0.4 is 5.32 Å². The molecule has 0 spiro atoms. The van der Waals surface area contributed by atoms with Crippen LogP contribution in [0.2, 0.25) is 0 Å². The number of aliphatic hydroxyl groups excluding tert-OH is 1. The van der Waals surface area contributed by atoms with E-state index in [4.69, 9.17) is 4.74 Å². The first kappa shape index (κ1) is 14.0. The Kier molecular flexibility index (Phi) is 4.21. The van der Waals surface area contributed by atoms with Gasteiger partial charge >= 0.3 is 0 Å². The number of carbonyl (C=O) groups excluding carboxylic acids is 2. The van der Waals surface area contributed by atoms with E-state index in [0.29, 0.717) is 17.9 Å². The molecule has 1 heterocycles. The largest absolute Gasteiger partial charge is 0.390 e. The summed E-state index contributed by atoms with van der Waals surface area (Å²) in [6.07, 6.45) is 4.12. The van der Waals surface area contributed by atoms with Crippen molar-refractivity contribution in [2.75, 3.05) is 7.05 Å². The standard InChI is InChI=1S/C13H20N2O4/c1-8(13(18)14-7-16)6-15(2)11-5-9-3-4-10(17)12(9)19-11/h6-7,9-12,17H,3-5H2,1-2H3,(H,14,16,18)/b8-6-. The molecule has 0 aromatic rings. The number of hydrogen-bond acceptors (Lipinski definition) is 5. The van der Waals surface area contributed by atoms with E-state index < -0.39 is 5.91 Å². The van der Waals surface area contributed by atoms with Crippen LogP contribution in [0, 0.1) is 5.92 Å². The van der Waals surface area contributed by atoms with E-state index in [1.807, 2.05) is 11.9 Å². The van der Waals surface area contributed by atoms with Crippen LogP contribution in [0.1, 0.15) is 26.2 Å². The first-order chi connectivity index (χ1) is 9.02. The SMILES string of the molecule is C/C(=C/N(C)C1CC2CCC(O)C2O1)C(=O)NC=O. The summed E-state index contributed by atoms with van der Waals surface area (Å²) < 4.78 is 5.83. The Morgan fingerprint density at radius 2 is 2.21 bits per heavy atom. The molecule has 1 aliphatic heterocycles. The van der Waals surface area contributed by atoms with E-state index in [9.17, 15) is 14.7 Å². The van der Waals surface area contributed by atoms with Crippen LogP contribution in [0.3, 0.4) is 0 Å². The molecule has 2 rings (SSSR count). The normalized spacial score (nSPS) is 33.9. The second-order valence-corrected chi connectivity index (χ2v) is 5.26. The molecule has 0 aromatic heterocycles. The first-order valence-electron chi connectivity index (χ1n) is 6.51. The highest BCUT2D eigenvalue weighted by Gasteiger charge is 2.44. The zero-order valence-electron chi connectivity index (χ0n) is 11.2. The van der Waals surface area contributed by atoms with Crippen LogP contribution in [-0.4, -0.2) is 47.8 Å². The van der Waals surface area contributed by atoms with Gasteiger partial charge in [0.25, 0.3) is 5.91 Å². The molecule has 2 fully saturated rings. The van der Waals surface area contributed by atoms with Crippen LogP contribution in [0.15, 0.2) is 11.8 Å². The highest BCUT2D eigenvalue weighted by atomic mass is 16.5. The Bertz CT molecular complexity index is 396. The molecule has 0 bridgehead atoms. The van der Waals surface area contributed by atoms with Gasteiger partial charge in [0.05, 0.1) is 12.2 Å². The second-order valence-electron chi connectivity index (χ2n) is 5.26. The number of hydrogen-bond donors (Lipinski definition) is 2. The average molecular weight is 268 g/mol. The van der Waals surface area contributed by atoms with E-state index in [1.54, 1.807) is 13.1 Å². The van der Waals surface area contributed by atoms with E-state index in [0.717, 1.165) is 19.3 Å². The lowest BCUT2D eigenvalue weighted by Crippen LogP contribution is -2.31. The molecule has 1 saturated carbocycles. The fraction of sp³-hybridized carbons (Fsp3) is 0.692. The van der Waals surface area contributed by atoms with Crippen molar-refractivity contribution in [3.8, 4) is 0 Å². The van der Waals surface area contributed by atoms with Gasteiger partial charge in [-0.05, 0) is 32.1 Å². The minimum absolute atomic E-state index is 0.0787. The number of carbonyl (C=O) groups is 2. The maximum absolute atomic E-state index is 11.4. The molecule has 4 unspecified atom stereocenters. The number of nitrogens with one attached hydrogen (secondary N) is 1. The molecule has 1 aliphatic carbocycles. The summed E-state index contributed by atoms with van der Waals surface area (Å²) in [4.78, 5) is 23.5. The zero-order chi connectivity index (χ0) is 14.0. The van der Waals surface area contributed by atoms with Crippen LogP contribution in [0.25, 0.3) is 0 Å². The van der Waals surface area contributed by atoms with Crippen LogP contribution in [0.4, 0.5) is 0 Å². The van der Waals surface area contributed by atoms with E-state index in [2.05, 4.69) is 5.32 Å². The van der Waals surface area contributed by atoms with Crippen molar-refractivity contribution in [3.63, 3.8) is 0 Å². The third kappa shape index (κ3) is 2.96. The van der Waals surface area contributed by atoms with Crippen molar-refractivity contribution in [3.05, 3.63) is 11.8 Å². The van der Waals surface area contributed by atoms with Gasteiger partial charge in [-0.1, -0.05) is 0 Å². The van der Waals surface area contributed by atoms with E-state index >= 15 is 0 Å². The molecular formula is C13H20N2O4. The summed E-state index contributed by atoms with van der Waals surface area (Å²) in [7, 11) is 1.83. The quantitative estimate of drug-likeness (QED) is 0.553. The predicted octanol–water partition coefficient (Wildman–Crippen LogP) is -0.0195. The summed E-state index contributed by atoms with van der Waals surface area (Å²) in [5, 5.41) is 11.9. The Labute approximate surface area is 112 Å². The molecule has 2 aliphatic rings. The van der Waals surface area contributed by atoms with Crippen LogP contribution in [-0.2, 0) is 14.3 Å². The summed E-state index contributed by atoms with van der Waals surface area (Å²) in [5.41, 5.74) is 0.441. The maximum Gasteiger partial charge on any atom is 0.254 e. The van der Waals surface area contributed by atoms with Gasteiger partial charge in [0, 0.05) is 18.8 Å². The van der Waals surface area contributed by atoms with Gasteiger partial charge in [0.2, 0.25) is 6.41 Å². The summed E-state index contributed by atoms with van der Waals surface area (Å²) in [6.45, 7) is 1.64. The topological polar surface area (TPSA) is 78.9 Å². The van der Waals surface area contributed by atoms with Crippen molar-refractivity contribution < 1.29 is 19.4 Å². The van der Waals surface area contributed by atoms with Gasteiger partial charge < -0.3 is 14.7 Å².